The Balaban J connectivity index is 2.93. The highest BCUT2D eigenvalue weighted by atomic mass is 32.1. The molecule has 21 heavy (non-hydrogen) atoms. The van der Waals surface area contributed by atoms with E-state index in [1.54, 1.807) is 32.0 Å². The molecule has 0 saturated heterocycles. The highest BCUT2D eigenvalue weighted by Gasteiger charge is 2.13. The molecule has 0 aliphatic rings. The largest absolute Gasteiger partial charge is 0.490 e. The maximum Gasteiger partial charge on any atom is 0.313 e. The Hall–Kier alpha value is -2.15. The molecule has 1 aromatic carbocycles. The van der Waals surface area contributed by atoms with Crippen molar-refractivity contribution in [2.45, 2.75) is 20.8 Å². The van der Waals surface area contributed by atoms with E-state index in [0.717, 1.165) is 5.56 Å². The lowest BCUT2D eigenvalue weighted by atomic mass is 10.2. The van der Waals surface area contributed by atoms with Crippen LogP contribution in [0.1, 0.15) is 26.3 Å². The highest BCUT2D eigenvalue weighted by molar-refractivity contribution is 7.80. The van der Waals surface area contributed by atoms with Crippen LogP contribution in [-0.2, 0) is 4.79 Å². The standard InChI is InChI=1S/C14H19N3O3S/c1-4-19-12-7-10(8-16-17-14(15)21)5-6-11(12)20-13(18)9(2)3/h5-9H,4H2,1-3H3,(H3,15,17,21). The molecule has 0 aliphatic heterocycles. The summed E-state index contributed by atoms with van der Waals surface area (Å²) in [6.07, 6.45) is 1.54. The fraction of sp³-hybridized carbons (Fsp3) is 0.357. The van der Waals surface area contributed by atoms with Gasteiger partial charge in [0.15, 0.2) is 16.6 Å². The molecule has 7 heteroatoms. The van der Waals surface area contributed by atoms with Gasteiger partial charge >= 0.3 is 5.97 Å². The van der Waals surface area contributed by atoms with Gasteiger partial charge in [0.2, 0.25) is 0 Å². The van der Waals surface area contributed by atoms with Crippen molar-refractivity contribution in [3.63, 3.8) is 0 Å². The quantitative estimate of drug-likeness (QED) is 0.274. The van der Waals surface area contributed by atoms with E-state index in [2.05, 4.69) is 22.7 Å². The van der Waals surface area contributed by atoms with Crippen molar-refractivity contribution in [1.29, 1.82) is 0 Å². The molecule has 0 bridgehead atoms. The topological polar surface area (TPSA) is 85.9 Å². The normalized spacial score (nSPS) is 10.7. The number of nitrogens with two attached hydrogens (primary N) is 1. The number of nitrogens with zero attached hydrogens (tertiary/aromatic N) is 1. The lowest BCUT2D eigenvalue weighted by Gasteiger charge is -2.12. The van der Waals surface area contributed by atoms with Gasteiger partial charge in [-0.3, -0.25) is 10.2 Å². The van der Waals surface area contributed by atoms with Crippen LogP contribution in [0.25, 0.3) is 0 Å². The van der Waals surface area contributed by atoms with Crippen LogP contribution in [0.3, 0.4) is 0 Å². The van der Waals surface area contributed by atoms with Gasteiger partial charge in [0, 0.05) is 0 Å². The van der Waals surface area contributed by atoms with Gasteiger partial charge in [-0.1, -0.05) is 13.8 Å². The molecule has 0 atom stereocenters. The Morgan fingerprint density at radius 3 is 2.76 bits per heavy atom. The van der Waals surface area contributed by atoms with Crippen molar-refractivity contribution in [2.75, 3.05) is 6.61 Å². The molecular weight excluding hydrogens is 290 g/mol. The number of hydrogen-bond donors (Lipinski definition) is 2. The first-order valence-electron chi connectivity index (χ1n) is 6.51. The zero-order chi connectivity index (χ0) is 15.8. The molecule has 0 aromatic heterocycles. The Kier molecular flexibility index (Phi) is 6.61. The smallest absolute Gasteiger partial charge is 0.313 e. The van der Waals surface area contributed by atoms with Gasteiger partial charge in [-0.2, -0.15) is 5.10 Å². The summed E-state index contributed by atoms with van der Waals surface area (Å²) in [5, 5.41) is 3.94. The van der Waals surface area contributed by atoms with E-state index in [4.69, 9.17) is 15.2 Å². The van der Waals surface area contributed by atoms with Crippen LogP contribution in [-0.4, -0.2) is 23.9 Å². The van der Waals surface area contributed by atoms with Gasteiger partial charge < -0.3 is 15.2 Å². The Morgan fingerprint density at radius 2 is 2.19 bits per heavy atom. The van der Waals surface area contributed by atoms with Crippen molar-refractivity contribution >= 4 is 29.5 Å². The van der Waals surface area contributed by atoms with E-state index < -0.39 is 0 Å². The molecule has 0 spiro atoms. The van der Waals surface area contributed by atoms with Gasteiger partial charge in [-0.15, -0.1) is 0 Å². The van der Waals surface area contributed by atoms with Gasteiger partial charge in [0.05, 0.1) is 18.7 Å². The van der Waals surface area contributed by atoms with Gasteiger partial charge in [-0.05, 0) is 42.9 Å². The number of carbonyl (C=O) groups is 1. The molecule has 6 nitrogen and oxygen atoms in total. The number of benzene rings is 1. The highest BCUT2D eigenvalue weighted by Crippen LogP contribution is 2.28. The van der Waals surface area contributed by atoms with Crippen LogP contribution in [0.4, 0.5) is 0 Å². The van der Waals surface area contributed by atoms with E-state index in [1.807, 2.05) is 6.92 Å². The first kappa shape index (κ1) is 16.9. The van der Waals surface area contributed by atoms with Gasteiger partial charge in [0.25, 0.3) is 0 Å². The van der Waals surface area contributed by atoms with E-state index in [9.17, 15) is 4.79 Å². The third kappa shape index (κ3) is 5.78. The van der Waals surface area contributed by atoms with Crippen molar-refractivity contribution < 1.29 is 14.3 Å². The van der Waals surface area contributed by atoms with E-state index >= 15 is 0 Å². The maximum absolute atomic E-state index is 11.7. The number of thiocarbonyl (C=S) groups is 1. The third-order valence-corrected chi connectivity index (χ3v) is 2.43. The van der Waals surface area contributed by atoms with E-state index in [-0.39, 0.29) is 17.0 Å². The number of nitrogens with one attached hydrogen (secondary N) is 1. The number of hydrazone groups is 1. The molecule has 0 amide bonds. The van der Waals surface area contributed by atoms with Crippen molar-refractivity contribution in [3.05, 3.63) is 23.8 Å². The third-order valence-electron chi connectivity index (χ3n) is 2.34. The Labute approximate surface area is 129 Å². The summed E-state index contributed by atoms with van der Waals surface area (Å²) in [6.45, 7) is 5.84. The fourth-order valence-electron chi connectivity index (χ4n) is 1.35. The zero-order valence-corrected chi connectivity index (χ0v) is 13.1. The monoisotopic (exact) mass is 309 g/mol. The average molecular weight is 309 g/mol. The van der Waals surface area contributed by atoms with E-state index in [0.29, 0.717) is 18.1 Å². The molecule has 0 unspecified atom stereocenters. The lowest BCUT2D eigenvalue weighted by molar-refractivity contribution is -0.137. The molecule has 114 valence electrons. The van der Waals surface area contributed by atoms with Crippen LogP contribution >= 0.6 is 12.2 Å². The number of ether oxygens (including phenoxy) is 2. The van der Waals surface area contributed by atoms with Gasteiger partial charge in [-0.25, -0.2) is 0 Å². The van der Waals surface area contributed by atoms with Gasteiger partial charge in [0.1, 0.15) is 0 Å². The second-order valence-electron chi connectivity index (χ2n) is 4.45. The number of rotatable bonds is 6. The average Bonchev–Trinajstić information content (AvgIpc) is 2.41. The Bertz CT molecular complexity index is 544. The predicted molar refractivity (Wildman–Crippen MR) is 85.6 cm³/mol. The number of esters is 1. The second kappa shape index (κ2) is 8.21. The van der Waals surface area contributed by atoms with Crippen LogP contribution in [0.5, 0.6) is 11.5 Å². The first-order chi connectivity index (χ1) is 9.93. The first-order valence-corrected chi connectivity index (χ1v) is 6.92. The summed E-state index contributed by atoms with van der Waals surface area (Å²) in [5.41, 5.74) is 8.48. The molecule has 0 heterocycles. The fourth-order valence-corrected chi connectivity index (χ4v) is 1.41. The molecule has 0 radical (unpaired) electrons. The van der Waals surface area contributed by atoms with Crippen LogP contribution in [0.2, 0.25) is 0 Å². The minimum atomic E-state index is -0.312. The summed E-state index contributed by atoms with van der Waals surface area (Å²) in [4.78, 5) is 11.7. The molecule has 0 fully saturated rings. The van der Waals surface area contributed by atoms with Crippen LogP contribution in [0, 0.1) is 5.92 Å². The molecule has 3 N–H and O–H groups in total. The molecule has 1 rings (SSSR count). The predicted octanol–water partition coefficient (Wildman–Crippen LogP) is 1.81. The summed E-state index contributed by atoms with van der Waals surface area (Å²) >= 11 is 4.64. The number of hydrogen-bond acceptors (Lipinski definition) is 5. The molecular formula is C14H19N3O3S. The maximum atomic E-state index is 11.7. The van der Waals surface area contributed by atoms with Crippen molar-refractivity contribution in [2.24, 2.45) is 16.8 Å². The summed E-state index contributed by atoms with van der Waals surface area (Å²) < 4.78 is 10.8. The number of carbonyl (C=O) groups excluding carboxylic acids is 1. The Morgan fingerprint density at radius 1 is 1.48 bits per heavy atom. The SMILES string of the molecule is CCOc1cc(C=NNC(N)=S)ccc1OC(=O)C(C)C. The van der Waals surface area contributed by atoms with Crippen molar-refractivity contribution in [3.8, 4) is 11.5 Å². The second-order valence-corrected chi connectivity index (χ2v) is 4.89. The molecule has 0 aliphatic carbocycles. The molecule has 1 aromatic rings. The summed E-state index contributed by atoms with van der Waals surface area (Å²) in [6, 6.07) is 5.13. The minimum absolute atomic E-state index is 0.0822. The summed E-state index contributed by atoms with van der Waals surface area (Å²) in [7, 11) is 0. The molecule has 0 saturated carbocycles. The van der Waals surface area contributed by atoms with Crippen molar-refractivity contribution in [1.82, 2.24) is 5.43 Å². The minimum Gasteiger partial charge on any atom is -0.490 e. The zero-order valence-electron chi connectivity index (χ0n) is 12.3. The van der Waals surface area contributed by atoms with E-state index in [1.165, 1.54) is 6.21 Å². The van der Waals surface area contributed by atoms with Crippen LogP contribution < -0.4 is 20.6 Å². The van der Waals surface area contributed by atoms with Crippen LogP contribution in [0.15, 0.2) is 23.3 Å². The summed E-state index contributed by atoms with van der Waals surface area (Å²) in [5.74, 6) is 0.337. The lowest BCUT2D eigenvalue weighted by Crippen LogP contribution is -2.24.